The Hall–Kier alpha value is -1.68. The van der Waals surface area contributed by atoms with Crippen LogP contribution in [0.1, 0.15) is 37.4 Å². The number of ether oxygens (including phenoxy) is 1. The highest BCUT2D eigenvalue weighted by Gasteiger charge is 2.47. The van der Waals surface area contributed by atoms with E-state index in [-0.39, 0.29) is 0 Å². The Kier molecular flexibility index (Phi) is 4.47. The minimum Gasteiger partial charge on any atom is -0.496 e. The molecule has 0 radical (unpaired) electrons. The zero-order chi connectivity index (χ0) is 15.6. The molecule has 114 valence electrons. The van der Waals surface area contributed by atoms with Crippen molar-refractivity contribution in [1.29, 1.82) is 0 Å². The van der Waals surface area contributed by atoms with Gasteiger partial charge in [0.1, 0.15) is 5.75 Å². The Labute approximate surface area is 130 Å². The molecular formula is C16H22ClN3O. The smallest absolute Gasteiger partial charge is 0.197 e. The number of imidazole rings is 1. The molecule has 4 nitrogen and oxygen atoms in total. The van der Waals surface area contributed by atoms with Gasteiger partial charge < -0.3 is 15.5 Å². The van der Waals surface area contributed by atoms with Gasteiger partial charge in [-0.05, 0) is 48.4 Å². The van der Waals surface area contributed by atoms with Gasteiger partial charge in [-0.25, -0.2) is 4.98 Å². The van der Waals surface area contributed by atoms with E-state index >= 15 is 0 Å². The first-order valence-corrected chi connectivity index (χ1v) is 7.32. The molecule has 3 N–H and O–H groups in total. The van der Waals surface area contributed by atoms with Gasteiger partial charge in [0.05, 0.1) is 7.11 Å². The number of anilines is 1. The number of aromatic amines is 1. The van der Waals surface area contributed by atoms with E-state index in [1.54, 1.807) is 13.3 Å². The van der Waals surface area contributed by atoms with Crippen LogP contribution in [0.25, 0.3) is 0 Å². The van der Waals surface area contributed by atoms with Crippen LogP contribution >= 0.6 is 11.6 Å². The molecule has 1 saturated carbocycles. The second-order valence-corrected chi connectivity index (χ2v) is 6.52. The molecule has 1 aromatic carbocycles. The van der Waals surface area contributed by atoms with Gasteiger partial charge in [-0.2, -0.15) is 0 Å². The summed E-state index contributed by atoms with van der Waals surface area (Å²) in [5.74, 6) is 2.05. The van der Waals surface area contributed by atoms with Gasteiger partial charge in [-0.15, -0.1) is 0 Å². The summed E-state index contributed by atoms with van der Waals surface area (Å²) in [5, 5.41) is 0.795. The molecule has 1 atom stereocenters. The third kappa shape index (κ3) is 3.91. The molecular weight excluding hydrogens is 286 g/mol. The zero-order valence-electron chi connectivity index (χ0n) is 12.9. The fraction of sp³-hybridized carbons (Fsp3) is 0.438. The van der Waals surface area contributed by atoms with E-state index in [1.165, 1.54) is 12.0 Å². The molecule has 0 aliphatic heterocycles. The first-order chi connectivity index (χ1) is 9.83. The lowest BCUT2D eigenvalue weighted by Gasteiger charge is -2.10. The van der Waals surface area contributed by atoms with Crippen LogP contribution in [0, 0.1) is 12.3 Å². The number of H-pyrrole nitrogens is 1. The summed E-state index contributed by atoms with van der Waals surface area (Å²) in [6, 6.07) is 5.85. The number of rotatable bonds is 2. The van der Waals surface area contributed by atoms with Gasteiger partial charge in [0, 0.05) is 16.9 Å². The lowest BCUT2D eigenvalue weighted by molar-refractivity contribution is 0.407. The molecule has 1 heterocycles. The largest absolute Gasteiger partial charge is 0.496 e. The van der Waals surface area contributed by atoms with E-state index in [0.29, 0.717) is 17.3 Å². The Bertz CT molecular complexity index is 605. The minimum absolute atomic E-state index is 0.415. The number of aryl methyl sites for hydroxylation is 1. The highest BCUT2D eigenvalue weighted by Crippen LogP contribution is 2.60. The molecule has 1 aliphatic carbocycles. The van der Waals surface area contributed by atoms with Crippen LogP contribution in [0.5, 0.6) is 5.75 Å². The van der Waals surface area contributed by atoms with Gasteiger partial charge >= 0.3 is 0 Å². The summed E-state index contributed by atoms with van der Waals surface area (Å²) in [5.41, 5.74) is 7.88. The van der Waals surface area contributed by atoms with E-state index in [9.17, 15) is 0 Å². The van der Waals surface area contributed by atoms with Gasteiger partial charge in [0.15, 0.2) is 5.95 Å². The number of aromatic nitrogens is 2. The molecule has 0 spiro atoms. The average molecular weight is 308 g/mol. The highest BCUT2D eigenvalue weighted by atomic mass is 35.5. The summed E-state index contributed by atoms with van der Waals surface area (Å²) in [6.07, 6.45) is 2.92. The first-order valence-electron chi connectivity index (χ1n) is 6.94. The number of halogens is 1. The second kappa shape index (κ2) is 5.98. The maximum atomic E-state index is 5.98. The number of nitrogen functional groups attached to an aromatic ring is 1. The van der Waals surface area contributed by atoms with Crippen LogP contribution in [0.15, 0.2) is 24.4 Å². The van der Waals surface area contributed by atoms with Crippen LogP contribution in [-0.2, 0) is 0 Å². The molecule has 0 unspecified atom stereocenters. The molecule has 0 amide bonds. The van der Waals surface area contributed by atoms with Crippen molar-refractivity contribution in [2.24, 2.45) is 5.41 Å². The second-order valence-electron chi connectivity index (χ2n) is 6.08. The van der Waals surface area contributed by atoms with Crippen molar-refractivity contribution in [3.05, 3.63) is 40.7 Å². The molecule has 1 aliphatic rings. The third-order valence-corrected chi connectivity index (χ3v) is 4.04. The quantitative estimate of drug-likeness (QED) is 0.875. The summed E-state index contributed by atoms with van der Waals surface area (Å²) < 4.78 is 5.34. The fourth-order valence-corrected chi connectivity index (χ4v) is 2.59. The van der Waals surface area contributed by atoms with Crippen molar-refractivity contribution >= 4 is 17.5 Å². The van der Waals surface area contributed by atoms with Gasteiger partial charge in [0.25, 0.3) is 0 Å². The lowest BCUT2D eigenvalue weighted by atomic mass is 10.0. The lowest BCUT2D eigenvalue weighted by Crippen LogP contribution is -1.94. The molecule has 5 heteroatoms. The summed E-state index contributed by atoms with van der Waals surface area (Å²) in [7, 11) is 1.71. The fourth-order valence-electron chi connectivity index (χ4n) is 2.41. The molecule has 1 aromatic heterocycles. The maximum absolute atomic E-state index is 5.98. The van der Waals surface area contributed by atoms with Crippen LogP contribution in [0.2, 0.25) is 5.02 Å². The van der Waals surface area contributed by atoms with E-state index in [0.717, 1.165) is 16.5 Å². The van der Waals surface area contributed by atoms with E-state index in [1.807, 2.05) is 25.1 Å². The van der Waals surface area contributed by atoms with Crippen LogP contribution < -0.4 is 10.5 Å². The van der Waals surface area contributed by atoms with Crippen LogP contribution in [0.3, 0.4) is 0 Å². The number of benzene rings is 1. The topological polar surface area (TPSA) is 63.9 Å². The monoisotopic (exact) mass is 307 g/mol. The van der Waals surface area contributed by atoms with Crippen molar-refractivity contribution in [3.8, 4) is 5.75 Å². The predicted octanol–water partition coefficient (Wildman–Crippen LogP) is 4.16. The predicted molar refractivity (Wildman–Crippen MR) is 86.9 cm³/mol. The number of nitrogens with two attached hydrogens (primary N) is 1. The number of methoxy groups -OCH3 is 1. The Morgan fingerprint density at radius 2 is 2.10 bits per heavy atom. The van der Waals surface area contributed by atoms with Crippen molar-refractivity contribution in [2.45, 2.75) is 33.1 Å². The maximum Gasteiger partial charge on any atom is 0.197 e. The Balaban J connectivity index is 0.000000194. The third-order valence-electron chi connectivity index (χ3n) is 3.80. The Morgan fingerprint density at radius 1 is 1.43 bits per heavy atom. The van der Waals surface area contributed by atoms with Crippen molar-refractivity contribution in [1.82, 2.24) is 9.97 Å². The number of hydrogen-bond donors (Lipinski definition) is 2. The first kappa shape index (κ1) is 15.7. The Morgan fingerprint density at radius 3 is 2.48 bits per heavy atom. The van der Waals surface area contributed by atoms with Crippen molar-refractivity contribution in [3.63, 3.8) is 0 Å². The number of nitrogens with zero attached hydrogens (tertiary/aromatic N) is 1. The number of nitrogens with one attached hydrogen (secondary N) is 1. The molecule has 1 fully saturated rings. The molecule has 0 saturated heterocycles. The van der Waals surface area contributed by atoms with E-state index in [4.69, 9.17) is 22.1 Å². The zero-order valence-corrected chi connectivity index (χ0v) is 13.7. The summed E-state index contributed by atoms with van der Waals surface area (Å²) in [4.78, 5) is 6.54. The standard InChI is InChI=1S/C12H15ClO.C4H7N3/c1-12(2)7-10(12)9-6-8(13)4-5-11(9)14-3;1-3-2-6-4(5)7-3/h4-6,10H,7H2,1-3H3;2H,1H3,(H3,5,6,7)/t10-;/m0./s1. The summed E-state index contributed by atoms with van der Waals surface area (Å²) >= 11 is 5.98. The normalized spacial score (nSPS) is 18.6. The minimum atomic E-state index is 0.415. The molecule has 2 aromatic rings. The van der Waals surface area contributed by atoms with E-state index in [2.05, 4.69) is 23.8 Å². The van der Waals surface area contributed by atoms with Crippen LogP contribution in [0.4, 0.5) is 5.95 Å². The van der Waals surface area contributed by atoms with Crippen LogP contribution in [-0.4, -0.2) is 17.1 Å². The molecule has 21 heavy (non-hydrogen) atoms. The van der Waals surface area contributed by atoms with Gasteiger partial charge in [-0.1, -0.05) is 25.4 Å². The van der Waals surface area contributed by atoms with Gasteiger partial charge in [0.2, 0.25) is 0 Å². The van der Waals surface area contributed by atoms with E-state index < -0.39 is 0 Å². The van der Waals surface area contributed by atoms with Crippen molar-refractivity contribution < 1.29 is 4.74 Å². The summed E-state index contributed by atoms with van der Waals surface area (Å²) in [6.45, 7) is 6.46. The highest BCUT2D eigenvalue weighted by molar-refractivity contribution is 6.30. The molecule has 3 rings (SSSR count). The van der Waals surface area contributed by atoms with Crippen molar-refractivity contribution in [2.75, 3.05) is 12.8 Å². The van der Waals surface area contributed by atoms with Gasteiger partial charge in [-0.3, -0.25) is 0 Å². The number of hydrogen-bond acceptors (Lipinski definition) is 3. The SMILES string of the molecule is COc1ccc(Cl)cc1[C@@H]1CC1(C)C.Cc1cnc(N)[nH]1. The molecule has 0 bridgehead atoms. The average Bonchev–Trinajstić information content (AvgIpc) is 2.88.